The summed E-state index contributed by atoms with van der Waals surface area (Å²) in [4.78, 5) is 45.5. The highest BCUT2D eigenvalue weighted by Crippen LogP contribution is 2.35. The Bertz CT molecular complexity index is 1240. The molecule has 11 heteroatoms. The molecule has 2 aliphatic rings. The predicted molar refractivity (Wildman–Crippen MR) is 129 cm³/mol. The van der Waals surface area contributed by atoms with Crippen molar-refractivity contribution in [2.75, 3.05) is 32.2 Å². The number of nitrogens with zero attached hydrogens (tertiary/aromatic N) is 6. The first-order valence-corrected chi connectivity index (χ1v) is 11.0. The quantitative estimate of drug-likeness (QED) is 0.547. The van der Waals surface area contributed by atoms with E-state index in [4.69, 9.17) is 9.84 Å². The fourth-order valence-electron chi connectivity index (χ4n) is 4.09. The summed E-state index contributed by atoms with van der Waals surface area (Å²) in [5, 5.41) is 18.5. The minimum absolute atomic E-state index is 0.0734. The zero-order valence-corrected chi connectivity index (χ0v) is 19.6. The Balaban J connectivity index is 1.62. The van der Waals surface area contributed by atoms with Crippen LogP contribution in [0.25, 0.3) is 11.3 Å². The Labute approximate surface area is 202 Å². The van der Waals surface area contributed by atoms with Gasteiger partial charge in [0.15, 0.2) is 5.78 Å². The number of rotatable bonds is 8. The number of hydrogen-bond acceptors (Lipinski definition) is 9. The van der Waals surface area contributed by atoms with E-state index in [0.29, 0.717) is 52.9 Å². The van der Waals surface area contributed by atoms with Crippen molar-refractivity contribution in [1.82, 2.24) is 19.9 Å². The molecule has 2 aliphatic heterocycles. The van der Waals surface area contributed by atoms with E-state index in [1.54, 1.807) is 37.4 Å². The lowest BCUT2D eigenvalue weighted by Crippen LogP contribution is -2.35. The van der Waals surface area contributed by atoms with Crippen molar-refractivity contribution < 1.29 is 24.5 Å². The van der Waals surface area contributed by atoms with Crippen LogP contribution in [0, 0.1) is 12.8 Å². The van der Waals surface area contributed by atoms with Crippen molar-refractivity contribution in [2.24, 2.45) is 10.9 Å². The van der Waals surface area contributed by atoms with Crippen molar-refractivity contribution in [3.63, 3.8) is 0 Å². The van der Waals surface area contributed by atoms with Crippen LogP contribution in [0.3, 0.4) is 0 Å². The van der Waals surface area contributed by atoms with Gasteiger partial charge in [0.1, 0.15) is 6.17 Å². The van der Waals surface area contributed by atoms with Gasteiger partial charge in [-0.2, -0.15) is 4.98 Å². The number of hydrogen-bond donors (Lipinski definition) is 2. The molecule has 11 nitrogen and oxygen atoms in total. The zero-order chi connectivity index (χ0) is 25.1. The van der Waals surface area contributed by atoms with Gasteiger partial charge in [-0.25, -0.2) is 9.78 Å². The van der Waals surface area contributed by atoms with E-state index in [2.05, 4.69) is 19.9 Å². The normalized spacial score (nSPS) is 18.3. The third-order valence-corrected chi connectivity index (χ3v) is 5.90. The van der Waals surface area contributed by atoms with E-state index in [-0.39, 0.29) is 12.4 Å². The van der Waals surface area contributed by atoms with Gasteiger partial charge in [0.25, 0.3) is 0 Å². The number of methoxy groups -OCH3 is 1. The lowest BCUT2D eigenvalue weighted by atomic mass is 9.90. The largest absolute Gasteiger partial charge is 0.480 e. The standard InChI is InChI=1S/C24H26N6O5/c1-14-15(20(32)18-13-30(24(33)34)21-16(18)6-4-9-25-21)7-8-19(27-14)17-12-26-23(28-22(17)35-3)29(2)10-5-11-31/h4,6-9,12-13,16,21,31H,5,10-11H2,1-3H3,(H,33,34). The third-order valence-electron chi connectivity index (χ3n) is 5.90. The Morgan fingerprint density at radius 3 is 2.74 bits per heavy atom. The number of ketones is 1. The number of Topliss-reactive ketones (excluding diaryl/α,β-unsaturated/α-hetero) is 1. The first-order valence-electron chi connectivity index (χ1n) is 11.0. The summed E-state index contributed by atoms with van der Waals surface area (Å²) in [5.74, 6) is 0.0367. The number of carbonyl (C=O) groups excluding carboxylic acids is 1. The minimum Gasteiger partial charge on any atom is -0.480 e. The van der Waals surface area contributed by atoms with Gasteiger partial charge in [-0.05, 0) is 31.6 Å². The van der Waals surface area contributed by atoms with Crippen LogP contribution in [0.1, 0.15) is 22.5 Å². The SMILES string of the molecule is COc1nc(N(C)CCCO)ncc1-c1ccc(C(=O)C2=CN(C(=O)O)C3N=CC=CC23)c(C)n1. The summed E-state index contributed by atoms with van der Waals surface area (Å²) in [6, 6.07) is 3.35. The summed E-state index contributed by atoms with van der Waals surface area (Å²) in [7, 11) is 3.33. The van der Waals surface area contributed by atoms with Gasteiger partial charge in [0.05, 0.1) is 18.4 Å². The van der Waals surface area contributed by atoms with Gasteiger partial charge >= 0.3 is 6.09 Å². The van der Waals surface area contributed by atoms with Crippen LogP contribution in [0.5, 0.6) is 5.88 Å². The molecule has 0 saturated carbocycles. The highest BCUT2D eigenvalue weighted by atomic mass is 16.5. The molecule has 2 N–H and O–H groups in total. The van der Waals surface area contributed by atoms with E-state index in [0.717, 1.165) is 4.90 Å². The lowest BCUT2D eigenvalue weighted by molar-refractivity contribution is 0.102. The number of ether oxygens (including phenoxy) is 1. The van der Waals surface area contributed by atoms with Gasteiger partial charge < -0.3 is 19.8 Å². The molecule has 35 heavy (non-hydrogen) atoms. The van der Waals surface area contributed by atoms with Crippen LogP contribution in [-0.2, 0) is 0 Å². The number of aliphatic hydroxyl groups excluding tert-OH is 1. The van der Waals surface area contributed by atoms with Crippen LogP contribution >= 0.6 is 0 Å². The van der Waals surface area contributed by atoms with Gasteiger partial charge in [-0.15, -0.1) is 0 Å². The number of amides is 1. The van der Waals surface area contributed by atoms with Crippen LogP contribution in [0.15, 0.2) is 47.2 Å². The van der Waals surface area contributed by atoms with Crippen LogP contribution < -0.4 is 9.64 Å². The maximum Gasteiger partial charge on any atom is 0.413 e. The Morgan fingerprint density at radius 1 is 1.26 bits per heavy atom. The molecule has 0 saturated heterocycles. The van der Waals surface area contributed by atoms with E-state index >= 15 is 0 Å². The van der Waals surface area contributed by atoms with Crippen molar-refractivity contribution in [3.8, 4) is 17.1 Å². The fourth-order valence-corrected chi connectivity index (χ4v) is 4.09. The zero-order valence-electron chi connectivity index (χ0n) is 19.6. The third kappa shape index (κ3) is 4.62. The van der Waals surface area contributed by atoms with E-state index < -0.39 is 18.2 Å². The summed E-state index contributed by atoms with van der Waals surface area (Å²) in [6.45, 7) is 2.38. The highest BCUT2D eigenvalue weighted by molar-refractivity contribution is 6.11. The van der Waals surface area contributed by atoms with Gasteiger partial charge in [0.2, 0.25) is 11.8 Å². The van der Waals surface area contributed by atoms with E-state index in [1.165, 1.54) is 19.5 Å². The number of aliphatic imine (C=N–C) groups is 1. The molecule has 0 radical (unpaired) electrons. The summed E-state index contributed by atoms with van der Waals surface area (Å²) in [5.41, 5.74) is 2.30. The number of aromatic nitrogens is 3. The molecule has 2 atom stereocenters. The highest BCUT2D eigenvalue weighted by Gasteiger charge is 2.40. The Kier molecular flexibility index (Phi) is 6.87. The maximum atomic E-state index is 13.4. The predicted octanol–water partition coefficient (Wildman–Crippen LogP) is 2.32. The average molecular weight is 479 g/mol. The maximum absolute atomic E-state index is 13.4. The van der Waals surface area contributed by atoms with E-state index in [1.807, 2.05) is 11.9 Å². The smallest absolute Gasteiger partial charge is 0.413 e. The molecular weight excluding hydrogens is 452 g/mol. The average Bonchev–Trinajstić information content (AvgIpc) is 3.26. The molecular formula is C24H26N6O5. The van der Waals surface area contributed by atoms with Crippen LogP contribution in [0.4, 0.5) is 10.7 Å². The molecule has 0 spiro atoms. The van der Waals surface area contributed by atoms with Gasteiger partial charge in [-0.3, -0.25) is 19.7 Å². The molecule has 0 bridgehead atoms. The van der Waals surface area contributed by atoms with Gasteiger partial charge in [0, 0.05) is 61.6 Å². The lowest BCUT2D eigenvalue weighted by Gasteiger charge is -2.23. The van der Waals surface area contributed by atoms with Crippen molar-refractivity contribution in [1.29, 1.82) is 0 Å². The molecule has 2 aromatic rings. The van der Waals surface area contributed by atoms with Crippen LogP contribution in [-0.4, -0.2) is 81.6 Å². The molecule has 0 aromatic carbocycles. The molecule has 4 rings (SSSR count). The van der Waals surface area contributed by atoms with Crippen LogP contribution in [0.2, 0.25) is 0 Å². The number of pyridine rings is 1. The van der Waals surface area contributed by atoms with Crippen molar-refractivity contribution in [2.45, 2.75) is 19.5 Å². The van der Waals surface area contributed by atoms with Gasteiger partial charge in [-0.1, -0.05) is 6.08 Å². The first kappa shape index (κ1) is 24.0. The summed E-state index contributed by atoms with van der Waals surface area (Å²) < 4.78 is 5.46. The Morgan fingerprint density at radius 2 is 2.06 bits per heavy atom. The van der Waals surface area contributed by atoms with Crippen molar-refractivity contribution >= 4 is 24.0 Å². The number of allylic oxidation sites excluding steroid dienone is 1. The van der Waals surface area contributed by atoms with Crippen molar-refractivity contribution in [3.05, 3.63) is 53.5 Å². The summed E-state index contributed by atoms with van der Waals surface area (Å²) in [6.07, 6.45) is 6.72. The first-order chi connectivity index (χ1) is 16.8. The molecule has 2 unspecified atom stereocenters. The topological polar surface area (TPSA) is 141 Å². The molecule has 0 aliphatic carbocycles. The Hall–Kier alpha value is -4.12. The number of aliphatic hydroxyl groups is 1. The molecule has 4 heterocycles. The number of carbonyl (C=O) groups is 2. The van der Waals surface area contributed by atoms with E-state index in [9.17, 15) is 14.7 Å². The second-order valence-corrected chi connectivity index (χ2v) is 8.15. The second-order valence-electron chi connectivity index (χ2n) is 8.15. The monoisotopic (exact) mass is 478 g/mol. The molecule has 2 aromatic heterocycles. The number of anilines is 1. The molecule has 0 fully saturated rings. The summed E-state index contributed by atoms with van der Waals surface area (Å²) >= 11 is 0. The number of carboxylic acid groups (broad SMARTS) is 1. The second kappa shape index (κ2) is 10.0. The number of dihydropyridines is 1. The number of fused-ring (bicyclic) bond motifs is 1. The molecule has 182 valence electrons. The minimum atomic E-state index is -1.17. The fraction of sp³-hybridized carbons (Fsp3) is 0.333. The number of aryl methyl sites for hydroxylation is 1. The molecule has 1 amide bonds.